The predicted octanol–water partition coefficient (Wildman–Crippen LogP) is 1.54. The zero-order chi connectivity index (χ0) is 14.2. The number of hydrogen-bond donors (Lipinski definition) is 1. The predicted molar refractivity (Wildman–Crippen MR) is 77.7 cm³/mol. The van der Waals surface area contributed by atoms with Gasteiger partial charge in [-0.3, -0.25) is 4.31 Å². The van der Waals surface area contributed by atoms with Crippen LogP contribution in [-0.2, 0) is 16.4 Å². The van der Waals surface area contributed by atoms with Crippen LogP contribution in [0, 0.1) is 0 Å². The van der Waals surface area contributed by atoms with E-state index in [-0.39, 0.29) is 0 Å². The van der Waals surface area contributed by atoms with E-state index in [2.05, 4.69) is 15.3 Å². The number of aromatic nitrogens is 2. The van der Waals surface area contributed by atoms with Crippen molar-refractivity contribution in [2.24, 2.45) is 0 Å². The van der Waals surface area contributed by atoms with Crippen LogP contribution in [0.3, 0.4) is 0 Å². The van der Waals surface area contributed by atoms with Gasteiger partial charge >= 0.3 is 0 Å². The number of fused-ring (bicyclic) bond motifs is 1. The highest BCUT2D eigenvalue weighted by molar-refractivity contribution is 7.92. The molecule has 2 aromatic rings. The number of nitrogens with zero attached hydrogens (tertiary/aromatic N) is 3. The largest absolute Gasteiger partial charge is 0.324 e. The molecule has 0 unspecified atom stereocenters. The maximum atomic E-state index is 11.7. The van der Waals surface area contributed by atoms with Crippen LogP contribution >= 0.6 is 0 Å². The van der Waals surface area contributed by atoms with Gasteiger partial charge in [0.15, 0.2) is 0 Å². The fourth-order valence-corrected chi connectivity index (χ4v) is 3.24. The zero-order valence-electron chi connectivity index (χ0n) is 10.9. The standard InChI is InChI=1S/C13H14N4O2S/c1-20(18,19)17-8-5-10-9-11(3-4-12(10)17)16-13-14-6-2-7-15-13/h2-4,6-7,9H,5,8H2,1H3,(H,14,15,16). The van der Waals surface area contributed by atoms with Gasteiger partial charge in [-0.05, 0) is 36.2 Å². The third kappa shape index (κ3) is 2.44. The van der Waals surface area contributed by atoms with Crippen molar-refractivity contribution < 1.29 is 8.42 Å². The average Bonchev–Trinajstić information content (AvgIpc) is 2.83. The third-order valence-electron chi connectivity index (χ3n) is 3.15. The maximum absolute atomic E-state index is 11.7. The van der Waals surface area contributed by atoms with E-state index < -0.39 is 10.0 Å². The van der Waals surface area contributed by atoms with E-state index in [0.29, 0.717) is 18.9 Å². The quantitative estimate of drug-likeness (QED) is 0.928. The van der Waals surface area contributed by atoms with E-state index >= 15 is 0 Å². The molecule has 0 fully saturated rings. The van der Waals surface area contributed by atoms with Gasteiger partial charge in [0.1, 0.15) is 0 Å². The van der Waals surface area contributed by atoms with Crippen molar-refractivity contribution >= 4 is 27.3 Å². The van der Waals surface area contributed by atoms with E-state index in [1.165, 1.54) is 10.6 Å². The summed E-state index contributed by atoms with van der Waals surface area (Å²) in [5.74, 6) is 0.519. The second-order valence-corrected chi connectivity index (χ2v) is 6.53. The van der Waals surface area contributed by atoms with Crippen LogP contribution in [0.2, 0.25) is 0 Å². The molecule has 0 spiro atoms. The fraction of sp³-hybridized carbons (Fsp3) is 0.231. The number of hydrogen-bond acceptors (Lipinski definition) is 5. The minimum atomic E-state index is -3.20. The monoisotopic (exact) mass is 290 g/mol. The van der Waals surface area contributed by atoms with Gasteiger partial charge in [-0.15, -0.1) is 0 Å². The van der Waals surface area contributed by atoms with Crippen LogP contribution in [0.1, 0.15) is 5.56 Å². The van der Waals surface area contributed by atoms with Crippen molar-refractivity contribution in [1.82, 2.24) is 9.97 Å². The Morgan fingerprint density at radius 3 is 2.70 bits per heavy atom. The first kappa shape index (κ1) is 12.9. The SMILES string of the molecule is CS(=O)(=O)N1CCc2cc(Nc3ncccn3)ccc21. The summed E-state index contributed by atoms with van der Waals surface area (Å²) in [4.78, 5) is 8.19. The first-order valence-electron chi connectivity index (χ1n) is 6.19. The van der Waals surface area contributed by atoms with E-state index in [0.717, 1.165) is 16.9 Å². The molecular formula is C13H14N4O2S. The van der Waals surface area contributed by atoms with Crippen LogP contribution in [-0.4, -0.2) is 31.2 Å². The smallest absolute Gasteiger partial charge is 0.232 e. The van der Waals surface area contributed by atoms with Crippen molar-refractivity contribution in [2.75, 3.05) is 22.4 Å². The highest BCUT2D eigenvalue weighted by atomic mass is 32.2. The van der Waals surface area contributed by atoms with E-state index in [9.17, 15) is 8.42 Å². The molecule has 104 valence electrons. The van der Waals surface area contributed by atoms with Crippen LogP contribution in [0.25, 0.3) is 0 Å². The molecule has 0 saturated heterocycles. The molecular weight excluding hydrogens is 276 g/mol. The molecule has 0 bridgehead atoms. The summed E-state index contributed by atoms with van der Waals surface area (Å²) in [5, 5.41) is 3.10. The van der Waals surface area contributed by atoms with Crippen LogP contribution < -0.4 is 9.62 Å². The number of rotatable bonds is 3. The Hall–Kier alpha value is -2.15. The second-order valence-electron chi connectivity index (χ2n) is 4.63. The molecule has 1 N–H and O–H groups in total. The summed E-state index contributed by atoms with van der Waals surface area (Å²) in [7, 11) is -3.20. The lowest BCUT2D eigenvalue weighted by Crippen LogP contribution is -2.27. The number of anilines is 3. The van der Waals surface area contributed by atoms with Gasteiger partial charge in [-0.1, -0.05) is 0 Å². The van der Waals surface area contributed by atoms with Crippen LogP contribution in [0.5, 0.6) is 0 Å². The Morgan fingerprint density at radius 2 is 2.00 bits per heavy atom. The van der Waals surface area contributed by atoms with E-state index in [1.807, 2.05) is 18.2 Å². The lowest BCUT2D eigenvalue weighted by Gasteiger charge is -2.16. The first-order valence-corrected chi connectivity index (χ1v) is 8.03. The van der Waals surface area contributed by atoms with Crippen molar-refractivity contribution in [3.05, 3.63) is 42.2 Å². The highest BCUT2D eigenvalue weighted by Crippen LogP contribution is 2.32. The van der Waals surface area contributed by atoms with Gasteiger partial charge in [0, 0.05) is 24.6 Å². The minimum Gasteiger partial charge on any atom is -0.324 e. The van der Waals surface area contributed by atoms with Gasteiger partial charge in [0.25, 0.3) is 0 Å². The molecule has 1 aromatic heterocycles. The van der Waals surface area contributed by atoms with Crippen molar-refractivity contribution in [3.8, 4) is 0 Å². The lowest BCUT2D eigenvalue weighted by atomic mass is 10.1. The van der Waals surface area contributed by atoms with Gasteiger partial charge in [0.05, 0.1) is 11.9 Å². The average molecular weight is 290 g/mol. The lowest BCUT2D eigenvalue weighted by molar-refractivity contribution is 0.598. The maximum Gasteiger partial charge on any atom is 0.232 e. The van der Waals surface area contributed by atoms with E-state index in [4.69, 9.17) is 0 Å². The van der Waals surface area contributed by atoms with Gasteiger partial charge in [-0.2, -0.15) is 0 Å². The summed E-state index contributed by atoms with van der Waals surface area (Å²) in [6, 6.07) is 7.34. The zero-order valence-corrected chi connectivity index (χ0v) is 11.8. The Bertz CT molecular complexity index is 731. The fourth-order valence-electron chi connectivity index (χ4n) is 2.29. The molecule has 2 heterocycles. The second kappa shape index (κ2) is 4.75. The molecule has 0 saturated carbocycles. The summed E-state index contributed by atoms with van der Waals surface area (Å²) in [6.07, 6.45) is 5.27. The molecule has 0 amide bonds. The van der Waals surface area contributed by atoms with Crippen molar-refractivity contribution in [2.45, 2.75) is 6.42 Å². The molecule has 0 atom stereocenters. The summed E-state index contributed by atoms with van der Waals surface area (Å²) in [5.41, 5.74) is 2.62. The van der Waals surface area contributed by atoms with Gasteiger partial charge < -0.3 is 5.32 Å². The highest BCUT2D eigenvalue weighted by Gasteiger charge is 2.26. The molecule has 7 heteroatoms. The summed E-state index contributed by atoms with van der Waals surface area (Å²) < 4.78 is 24.8. The Balaban J connectivity index is 1.89. The molecule has 20 heavy (non-hydrogen) atoms. The van der Waals surface area contributed by atoms with Gasteiger partial charge in [-0.25, -0.2) is 18.4 Å². The normalized spacial score (nSPS) is 14.2. The van der Waals surface area contributed by atoms with Crippen molar-refractivity contribution in [3.63, 3.8) is 0 Å². The Labute approximate surface area is 117 Å². The number of benzene rings is 1. The van der Waals surface area contributed by atoms with Crippen LogP contribution in [0.4, 0.5) is 17.3 Å². The molecule has 1 aliphatic rings. The van der Waals surface area contributed by atoms with Crippen molar-refractivity contribution in [1.29, 1.82) is 0 Å². The van der Waals surface area contributed by atoms with E-state index in [1.54, 1.807) is 18.5 Å². The summed E-state index contributed by atoms with van der Waals surface area (Å²) >= 11 is 0. The minimum absolute atomic E-state index is 0.499. The number of nitrogens with one attached hydrogen (secondary N) is 1. The molecule has 0 radical (unpaired) electrons. The van der Waals surface area contributed by atoms with Gasteiger partial charge in [0.2, 0.25) is 16.0 Å². The molecule has 6 nitrogen and oxygen atoms in total. The third-order valence-corrected chi connectivity index (χ3v) is 4.33. The van der Waals surface area contributed by atoms with Crippen LogP contribution in [0.15, 0.2) is 36.7 Å². The molecule has 0 aliphatic carbocycles. The first-order chi connectivity index (χ1) is 9.54. The topological polar surface area (TPSA) is 75.2 Å². The summed E-state index contributed by atoms with van der Waals surface area (Å²) in [6.45, 7) is 0.499. The Kier molecular flexibility index (Phi) is 3.06. The molecule has 1 aliphatic heterocycles. The Morgan fingerprint density at radius 1 is 1.25 bits per heavy atom. The number of sulfonamides is 1. The molecule has 3 rings (SSSR count). The molecule has 1 aromatic carbocycles.